The van der Waals surface area contributed by atoms with Crippen molar-refractivity contribution in [3.05, 3.63) is 83.3 Å². The van der Waals surface area contributed by atoms with Gasteiger partial charge in [-0.25, -0.2) is 0 Å². The number of carbonyl (C=O) groups is 1. The fourth-order valence-corrected chi connectivity index (χ4v) is 2.38. The molecule has 0 radical (unpaired) electrons. The number of amides is 1. The van der Waals surface area contributed by atoms with Crippen LogP contribution in [0.2, 0.25) is 5.02 Å². The molecule has 0 saturated carbocycles. The van der Waals surface area contributed by atoms with Crippen molar-refractivity contribution >= 4 is 17.5 Å². The molecule has 3 aromatic rings. The van der Waals surface area contributed by atoms with E-state index in [0.717, 1.165) is 11.3 Å². The lowest BCUT2D eigenvalue weighted by molar-refractivity contribution is 0.0950. The van der Waals surface area contributed by atoms with Gasteiger partial charge in [0.05, 0.1) is 23.0 Å². The van der Waals surface area contributed by atoms with Crippen LogP contribution in [0.25, 0.3) is 11.3 Å². The Balaban J connectivity index is 1.70. The highest BCUT2D eigenvalue weighted by atomic mass is 35.5. The zero-order valence-electron chi connectivity index (χ0n) is 12.2. The molecule has 0 fully saturated rings. The van der Waals surface area contributed by atoms with E-state index in [1.165, 1.54) is 0 Å². The number of hydrogen-bond acceptors (Lipinski definition) is 3. The van der Waals surface area contributed by atoms with Gasteiger partial charge in [-0.05, 0) is 36.4 Å². The average molecular weight is 324 g/mol. The maximum absolute atomic E-state index is 12.2. The molecule has 0 unspecified atom stereocenters. The third-order valence-electron chi connectivity index (χ3n) is 3.34. The number of rotatable bonds is 4. The summed E-state index contributed by atoms with van der Waals surface area (Å²) in [6.45, 7) is 0.396. The second kappa shape index (κ2) is 7.03. The monoisotopic (exact) mass is 323 g/mol. The van der Waals surface area contributed by atoms with E-state index in [-0.39, 0.29) is 5.91 Å². The number of nitrogens with one attached hydrogen (secondary N) is 1. The summed E-state index contributed by atoms with van der Waals surface area (Å²) in [5, 5.41) is 3.43. The summed E-state index contributed by atoms with van der Waals surface area (Å²) in [4.78, 5) is 20.6. The van der Waals surface area contributed by atoms with Crippen molar-refractivity contribution in [3.8, 4) is 11.3 Å². The van der Waals surface area contributed by atoms with Gasteiger partial charge in [-0.2, -0.15) is 0 Å². The van der Waals surface area contributed by atoms with Gasteiger partial charge >= 0.3 is 0 Å². The lowest BCUT2D eigenvalue weighted by atomic mass is 10.1. The van der Waals surface area contributed by atoms with Crippen LogP contribution >= 0.6 is 11.6 Å². The van der Waals surface area contributed by atoms with E-state index in [1.54, 1.807) is 36.7 Å². The predicted octanol–water partition coefficient (Wildman–Crippen LogP) is 3.73. The van der Waals surface area contributed by atoms with Crippen molar-refractivity contribution in [1.29, 1.82) is 0 Å². The first-order valence-corrected chi connectivity index (χ1v) is 7.51. The third kappa shape index (κ3) is 3.73. The molecule has 0 aliphatic rings. The summed E-state index contributed by atoms with van der Waals surface area (Å²) >= 11 is 6.13. The number of aromatic nitrogens is 2. The van der Waals surface area contributed by atoms with Crippen LogP contribution in [0.15, 0.2) is 67.0 Å². The second-order valence-electron chi connectivity index (χ2n) is 4.91. The van der Waals surface area contributed by atoms with Crippen LogP contribution in [0.3, 0.4) is 0 Å². The van der Waals surface area contributed by atoms with Gasteiger partial charge in [0.1, 0.15) is 0 Å². The fraction of sp³-hybridized carbons (Fsp3) is 0.0556. The number of halogens is 1. The van der Waals surface area contributed by atoms with Crippen LogP contribution in [0, 0.1) is 0 Å². The Morgan fingerprint density at radius 3 is 2.43 bits per heavy atom. The molecule has 5 heteroatoms. The van der Waals surface area contributed by atoms with Crippen molar-refractivity contribution < 1.29 is 4.79 Å². The van der Waals surface area contributed by atoms with Crippen LogP contribution in [0.5, 0.6) is 0 Å². The lowest BCUT2D eigenvalue weighted by Crippen LogP contribution is -2.23. The molecular formula is C18H14ClN3O. The molecule has 3 rings (SSSR count). The topological polar surface area (TPSA) is 54.9 Å². The number of nitrogens with zero attached hydrogens (tertiary/aromatic N) is 2. The highest BCUT2D eigenvalue weighted by molar-refractivity contribution is 6.33. The van der Waals surface area contributed by atoms with Crippen molar-refractivity contribution in [2.24, 2.45) is 0 Å². The maximum atomic E-state index is 12.2. The summed E-state index contributed by atoms with van der Waals surface area (Å²) < 4.78 is 0. The zero-order valence-corrected chi connectivity index (χ0v) is 13.0. The largest absolute Gasteiger partial charge is 0.346 e. The number of carbonyl (C=O) groups excluding carboxylic acids is 1. The van der Waals surface area contributed by atoms with Crippen LogP contribution < -0.4 is 5.32 Å². The SMILES string of the molecule is O=C(NCc1ccccn1)c1ccc(-c2ncccc2Cl)cc1. The first-order valence-electron chi connectivity index (χ1n) is 7.13. The molecule has 4 nitrogen and oxygen atoms in total. The van der Waals surface area contributed by atoms with Gasteiger partial charge < -0.3 is 5.32 Å². The van der Waals surface area contributed by atoms with E-state index >= 15 is 0 Å². The molecule has 1 amide bonds. The maximum Gasteiger partial charge on any atom is 0.251 e. The molecule has 23 heavy (non-hydrogen) atoms. The van der Waals surface area contributed by atoms with Gasteiger partial charge in [0.15, 0.2) is 0 Å². The molecule has 2 aromatic heterocycles. The first kappa shape index (κ1) is 15.2. The van der Waals surface area contributed by atoms with E-state index in [9.17, 15) is 4.79 Å². The molecule has 1 aromatic carbocycles. The molecule has 0 aliphatic heterocycles. The minimum Gasteiger partial charge on any atom is -0.346 e. The molecule has 0 saturated heterocycles. The number of pyridine rings is 2. The van der Waals surface area contributed by atoms with E-state index in [4.69, 9.17) is 11.6 Å². The molecular weight excluding hydrogens is 310 g/mol. The second-order valence-corrected chi connectivity index (χ2v) is 5.32. The summed E-state index contributed by atoms with van der Waals surface area (Å²) in [7, 11) is 0. The van der Waals surface area contributed by atoms with Gasteiger partial charge in [-0.3, -0.25) is 14.8 Å². The average Bonchev–Trinajstić information content (AvgIpc) is 2.61. The summed E-state index contributed by atoms with van der Waals surface area (Å²) in [6, 6.07) is 16.4. The smallest absolute Gasteiger partial charge is 0.251 e. The van der Waals surface area contributed by atoms with Gasteiger partial charge in [-0.1, -0.05) is 29.8 Å². The number of hydrogen-bond donors (Lipinski definition) is 1. The Labute approximate surface area is 139 Å². The standard InChI is InChI=1S/C18H14ClN3O/c19-16-5-3-11-21-17(16)13-6-8-14(9-7-13)18(23)22-12-15-4-1-2-10-20-15/h1-11H,12H2,(H,22,23). The van der Waals surface area contributed by atoms with E-state index < -0.39 is 0 Å². The molecule has 114 valence electrons. The van der Waals surface area contributed by atoms with Crippen molar-refractivity contribution in [1.82, 2.24) is 15.3 Å². The summed E-state index contributed by atoms with van der Waals surface area (Å²) in [5.41, 5.74) is 2.97. The van der Waals surface area contributed by atoms with Gasteiger partial charge in [0, 0.05) is 23.5 Å². The molecule has 0 spiro atoms. The first-order chi connectivity index (χ1) is 11.2. The summed E-state index contributed by atoms with van der Waals surface area (Å²) in [5.74, 6) is -0.144. The molecule has 1 N–H and O–H groups in total. The van der Waals surface area contributed by atoms with Crippen molar-refractivity contribution in [2.75, 3.05) is 0 Å². The quantitative estimate of drug-likeness (QED) is 0.796. The molecule has 0 bridgehead atoms. The normalized spacial score (nSPS) is 10.3. The van der Waals surface area contributed by atoms with Crippen LogP contribution in [-0.2, 0) is 6.54 Å². The summed E-state index contributed by atoms with van der Waals surface area (Å²) in [6.07, 6.45) is 3.39. The molecule has 0 aliphatic carbocycles. The van der Waals surface area contributed by atoms with E-state index in [0.29, 0.717) is 22.8 Å². The lowest BCUT2D eigenvalue weighted by Gasteiger charge is -2.07. The zero-order chi connectivity index (χ0) is 16.1. The van der Waals surface area contributed by atoms with Crippen LogP contribution in [0.4, 0.5) is 0 Å². The van der Waals surface area contributed by atoms with Gasteiger partial charge in [0.25, 0.3) is 5.91 Å². The fourth-order valence-electron chi connectivity index (χ4n) is 2.15. The molecule has 0 atom stereocenters. The Kier molecular flexibility index (Phi) is 4.64. The Hall–Kier alpha value is -2.72. The predicted molar refractivity (Wildman–Crippen MR) is 90.1 cm³/mol. The highest BCUT2D eigenvalue weighted by Crippen LogP contribution is 2.25. The van der Waals surface area contributed by atoms with E-state index in [2.05, 4.69) is 15.3 Å². The Morgan fingerprint density at radius 2 is 1.74 bits per heavy atom. The highest BCUT2D eigenvalue weighted by Gasteiger charge is 2.08. The third-order valence-corrected chi connectivity index (χ3v) is 3.64. The van der Waals surface area contributed by atoms with Crippen LogP contribution in [-0.4, -0.2) is 15.9 Å². The minimum atomic E-state index is -0.144. The van der Waals surface area contributed by atoms with Crippen LogP contribution in [0.1, 0.15) is 16.1 Å². The van der Waals surface area contributed by atoms with Crippen molar-refractivity contribution in [2.45, 2.75) is 6.54 Å². The Bertz CT molecular complexity index is 804. The Morgan fingerprint density at radius 1 is 0.957 bits per heavy atom. The minimum absolute atomic E-state index is 0.144. The number of benzene rings is 1. The van der Waals surface area contributed by atoms with Gasteiger partial charge in [0.2, 0.25) is 0 Å². The van der Waals surface area contributed by atoms with E-state index in [1.807, 2.05) is 30.3 Å². The van der Waals surface area contributed by atoms with Crippen molar-refractivity contribution in [3.63, 3.8) is 0 Å². The van der Waals surface area contributed by atoms with Gasteiger partial charge in [-0.15, -0.1) is 0 Å². The molecule has 2 heterocycles.